The zero-order chi connectivity index (χ0) is 14.5. The highest BCUT2D eigenvalue weighted by molar-refractivity contribution is 7.89. The molecule has 1 aromatic carbocycles. The summed E-state index contributed by atoms with van der Waals surface area (Å²) in [7, 11) is -2.60. The Morgan fingerprint density at radius 3 is 2.26 bits per heavy atom. The van der Waals surface area contributed by atoms with E-state index in [1.807, 2.05) is 0 Å². The molecule has 0 aliphatic carbocycles. The summed E-state index contributed by atoms with van der Waals surface area (Å²) in [5.74, 6) is 0.352. The van der Waals surface area contributed by atoms with Crippen LogP contribution in [0.4, 0.5) is 0 Å². The number of benzene rings is 1. The van der Waals surface area contributed by atoms with Gasteiger partial charge in [0.1, 0.15) is 11.3 Å². The Morgan fingerprint density at radius 2 is 1.79 bits per heavy atom. The van der Waals surface area contributed by atoms with Crippen molar-refractivity contribution in [2.45, 2.75) is 10.4 Å². The van der Waals surface area contributed by atoms with Crippen LogP contribution < -0.4 is 9.46 Å². The van der Waals surface area contributed by atoms with Crippen LogP contribution in [0.2, 0.25) is 0 Å². The van der Waals surface area contributed by atoms with Crippen LogP contribution in [0.3, 0.4) is 0 Å². The van der Waals surface area contributed by atoms with E-state index in [4.69, 9.17) is 20.1 Å². The first-order valence-electron chi connectivity index (χ1n) is 5.43. The van der Waals surface area contributed by atoms with Crippen molar-refractivity contribution in [3.63, 3.8) is 0 Å². The fraction of sp³-hybridized carbons (Fsp3) is 0.455. The third kappa shape index (κ3) is 3.64. The van der Waals surface area contributed by atoms with Gasteiger partial charge in [-0.05, 0) is 12.1 Å². The van der Waals surface area contributed by atoms with Gasteiger partial charge in [0.15, 0.2) is 0 Å². The van der Waals surface area contributed by atoms with Crippen molar-refractivity contribution in [3.05, 3.63) is 24.3 Å². The molecule has 0 saturated carbocycles. The Balaban J connectivity index is 3.10. The minimum Gasteiger partial charge on any atom is -0.497 e. The summed E-state index contributed by atoms with van der Waals surface area (Å²) in [6, 6.07) is 5.70. The monoisotopic (exact) mass is 291 g/mol. The number of aliphatic hydroxyl groups is 3. The van der Waals surface area contributed by atoms with Gasteiger partial charge in [0.25, 0.3) is 0 Å². The summed E-state index contributed by atoms with van der Waals surface area (Å²) in [6.07, 6.45) is 0. The van der Waals surface area contributed by atoms with Crippen LogP contribution in [0.15, 0.2) is 29.2 Å². The summed E-state index contributed by atoms with van der Waals surface area (Å²) in [5.41, 5.74) is -1.71. The summed E-state index contributed by atoms with van der Waals surface area (Å²) in [4.78, 5) is -0.0911. The molecular weight excluding hydrogens is 274 g/mol. The van der Waals surface area contributed by atoms with E-state index in [0.29, 0.717) is 5.75 Å². The average Bonchev–Trinajstić information content (AvgIpc) is 2.45. The molecule has 0 bridgehead atoms. The number of aliphatic hydroxyl groups excluding tert-OH is 3. The second-order valence-electron chi connectivity index (χ2n) is 4.04. The quantitative estimate of drug-likeness (QED) is 0.496. The third-order valence-electron chi connectivity index (χ3n) is 2.61. The predicted octanol–water partition coefficient (Wildman–Crippen LogP) is -1.31. The average molecular weight is 291 g/mol. The first-order chi connectivity index (χ1) is 8.93. The SMILES string of the molecule is COc1cccc(S(=O)(=O)NC(CO)(CO)CO)c1. The van der Waals surface area contributed by atoms with E-state index < -0.39 is 35.4 Å². The molecule has 0 fully saturated rings. The van der Waals surface area contributed by atoms with Crippen molar-refractivity contribution in [3.8, 4) is 5.75 Å². The van der Waals surface area contributed by atoms with Gasteiger partial charge in [-0.25, -0.2) is 8.42 Å². The summed E-state index contributed by atoms with van der Waals surface area (Å²) in [6.45, 7) is -2.20. The Hall–Kier alpha value is -1.19. The van der Waals surface area contributed by atoms with Crippen LogP contribution in [-0.2, 0) is 10.0 Å². The highest BCUT2D eigenvalue weighted by atomic mass is 32.2. The van der Waals surface area contributed by atoms with Gasteiger partial charge < -0.3 is 20.1 Å². The van der Waals surface area contributed by atoms with Crippen molar-refractivity contribution >= 4 is 10.0 Å². The molecule has 0 aromatic heterocycles. The Labute approximate surface area is 111 Å². The molecule has 8 heteroatoms. The van der Waals surface area contributed by atoms with Crippen molar-refractivity contribution in [2.24, 2.45) is 0 Å². The highest BCUT2D eigenvalue weighted by Crippen LogP contribution is 2.18. The second kappa shape index (κ2) is 6.31. The normalized spacial score (nSPS) is 12.4. The van der Waals surface area contributed by atoms with Crippen molar-refractivity contribution < 1.29 is 28.5 Å². The molecule has 1 aromatic rings. The molecule has 0 spiro atoms. The maximum atomic E-state index is 12.1. The number of hydrogen-bond donors (Lipinski definition) is 4. The molecule has 19 heavy (non-hydrogen) atoms. The van der Waals surface area contributed by atoms with Crippen molar-refractivity contribution in [1.82, 2.24) is 4.72 Å². The number of methoxy groups -OCH3 is 1. The van der Waals surface area contributed by atoms with E-state index >= 15 is 0 Å². The Kier molecular flexibility index (Phi) is 5.27. The van der Waals surface area contributed by atoms with Crippen LogP contribution in [0.5, 0.6) is 5.75 Å². The van der Waals surface area contributed by atoms with E-state index in [2.05, 4.69) is 4.72 Å². The van der Waals surface area contributed by atoms with Crippen LogP contribution in [0.25, 0.3) is 0 Å². The lowest BCUT2D eigenvalue weighted by atomic mass is 10.1. The zero-order valence-electron chi connectivity index (χ0n) is 10.4. The van der Waals surface area contributed by atoms with Crippen LogP contribution >= 0.6 is 0 Å². The van der Waals surface area contributed by atoms with E-state index in [9.17, 15) is 8.42 Å². The molecular formula is C11H17NO6S. The van der Waals surface area contributed by atoms with Crippen LogP contribution in [0.1, 0.15) is 0 Å². The van der Waals surface area contributed by atoms with Gasteiger partial charge in [-0.2, -0.15) is 4.72 Å². The summed E-state index contributed by atoms with van der Waals surface area (Å²) >= 11 is 0. The van der Waals surface area contributed by atoms with Gasteiger partial charge in [0, 0.05) is 6.07 Å². The molecule has 0 aliphatic heterocycles. The molecule has 7 nitrogen and oxygen atoms in total. The molecule has 0 saturated heterocycles. The van der Waals surface area contributed by atoms with Crippen molar-refractivity contribution in [1.29, 1.82) is 0 Å². The standard InChI is InChI=1S/C11H17NO6S/c1-18-9-3-2-4-10(5-9)19(16,17)12-11(6-13,7-14)8-15/h2-5,12-15H,6-8H2,1H3. The number of hydrogen-bond acceptors (Lipinski definition) is 6. The minimum atomic E-state index is -4.00. The van der Waals surface area contributed by atoms with E-state index in [0.717, 1.165) is 0 Å². The van der Waals surface area contributed by atoms with Crippen molar-refractivity contribution in [2.75, 3.05) is 26.9 Å². The Bertz CT molecular complexity index is 503. The fourth-order valence-corrected chi connectivity index (χ4v) is 2.77. The molecule has 0 atom stereocenters. The maximum Gasteiger partial charge on any atom is 0.241 e. The lowest BCUT2D eigenvalue weighted by Gasteiger charge is -2.28. The lowest BCUT2D eigenvalue weighted by molar-refractivity contribution is 0.0582. The first-order valence-corrected chi connectivity index (χ1v) is 6.92. The fourth-order valence-electron chi connectivity index (χ4n) is 1.36. The van der Waals surface area contributed by atoms with Gasteiger partial charge in [-0.1, -0.05) is 6.07 Å². The predicted molar refractivity (Wildman–Crippen MR) is 67.3 cm³/mol. The highest BCUT2D eigenvalue weighted by Gasteiger charge is 2.33. The number of rotatable bonds is 7. The number of ether oxygens (including phenoxy) is 1. The van der Waals surface area contributed by atoms with Gasteiger partial charge in [0.05, 0.1) is 31.8 Å². The minimum absolute atomic E-state index is 0.0911. The number of sulfonamides is 1. The first kappa shape index (κ1) is 15.9. The molecule has 0 unspecified atom stereocenters. The molecule has 4 N–H and O–H groups in total. The van der Waals surface area contributed by atoms with Crippen LogP contribution in [0, 0.1) is 0 Å². The van der Waals surface area contributed by atoms with Gasteiger partial charge in [-0.3, -0.25) is 0 Å². The zero-order valence-corrected chi connectivity index (χ0v) is 11.2. The maximum absolute atomic E-state index is 12.1. The lowest BCUT2D eigenvalue weighted by Crippen LogP contribution is -2.56. The molecule has 0 amide bonds. The summed E-state index contributed by atoms with van der Waals surface area (Å²) in [5, 5.41) is 27.3. The summed E-state index contributed by atoms with van der Waals surface area (Å²) < 4.78 is 31.2. The second-order valence-corrected chi connectivity index (χ2v) is 5.72. The molecule has 108 valence electrons. The smallest absolute Gasteiger partial charge is 0.241 e. The largest absolute Gasteiger partial charge is 0.497 e. The van der Waals surface area contributed by atoms with E-state index in [1.54, 1.807) is 6.07 Å². The molecule has 0 radical (unpaired) electrons. The third-order valence-corrected chi connectivity index (χ3v) is 4.19. The molecule has 0 aliphatic rings. The van der Waals surface area contributed by atoms with Gasteiger partial charge in [0.2, 0.25) is 10.0 Å². The van der Waals surface area contributed by atoms with E-state index in [-0.39, 0.29) is 4.90 Å². The van der Waals surface area contributed by atoms with Gasteiger partial charge >= 0.3 is 0 Å². The van der Waals surface area contributed by atoms with E-state index in [1.165, 1.54) is 25.3 Å². The Morgan fingerprint density at radius 1 is 1.21 bits per heavy atom. The molecule has 1 rings (SSSR count). The topological polar surface area (TPSA) is 116 Å². The number of nitrogens with one attached hydrogen (secondary N) is 1. The van der Waals surface area contributed by atoms with Crippen LogP contribution in [-0.4, -0.2) is 56.2 Å². The molecule has 0 heterocycles. The van der Waals surface area contributed by atoms with Gasteiger partial charge in [-0.15, -0.1) is 0 Å².